The van der Waals surface area contributed by atoms with Crippen LogP contribution in [0.3, 0.4) is 0 Å². The van der Waals surface area contributed by atoms with Crippen molar-refractivity contribution in [2.45, 2.75) is 66.1 Å². The molecule has 4 heteroatoms. The summed E-state index contributed by atoms with van der Waals surface area (Å²) in [7, 11) is 0. The number of fused-ring (bicyclic) bond motifs is 1. The van der Waals surface area contributed by atoms with Crippen LogP contribution in [0, 0.1) is 13.8 Å². The van der Waals surface area contributed by atoms with Gasteiger partial charge in [-0.1, -0.05) is 156 Å². The fraction of sp³-hybridized carbons (Fsp3) is 0.172. The second-order valence-electron chi connectivity index (χ2n) is 18.4. The topological polar surface area (TPSA) is 50.9 Å². The monoisotopic (exact) mass is 810 g/mol. The Hall–Kier alpha value is -7.04. The molecule has 0 amide bonds. The highest BCUT2D eigenvalue weighted by Gasteiger charge is 2.25. The number of rotatable bonds is 7. The summed E-state index contributed by atoms with van der Waals surface area (Å²) >= 11 is 0. The summed E-state index contributed by atoms with van der Waals surface area (Å²) < 4.78 is 29.2. The fourth-order valence-electron chi connectivity index (χ4n) is 8.53. The minimum Gasteiger partial charge on any atom is -0.507 e. The molecule has 0 unspecified atom stereocenters. The summed E-state index contributed by atoms with van der Waals surface area (Å²) in [6.07, 6.45) is 1.87. The van der Waals surface area contributed by atoms with Gasteiger partial charge >= 0.3 is 0 Å². The molecule has 0 radical (unpaired) electrons. The lowest BCUT2D eigenvalue weighted by Gasteiger charge is -2.26. The van der Waals surface area contributed by atoms with Gasteiger partial charge in [0.25, 0.3) is 0 Å². The molecule has 0 spiro atoms. The number of para-hydroxylation sites is 2. The average molecular weight is 811 g/mol. The Morgan fingerprint density at radius 1 is 0.548 bits per heavy atom. The molecule has 0 aliphatic heterocycles. The van der Waals surface area contributed by atoms with Gasteiger partial charge in [-0.25, -0.2) is 4.98 Å². The van der Waals surface area contributed by atoms with Crippen LogP contribution in [0.1, 0.15) is 67.9 Å². The van der Waals surface area contributed by atoms with Crippen LogP contribution in [0.5, 0.6) is 5.75 Å². The normalized spacial score (nSPS) is 12.9. The van der Waals surface area contributed by atoms with Crippen molar-refractivity contribution in [2.75, 3.05) is 0 Å². The van der Waals surface area contributed by atoms with Gasteiger partial charge in [-0.2, -0.15) is 0 Å². The second-order valence-corrected chi connectivity index (χ2v) is 18.4. The van der Waals surface area contributed by atoms with Crippen LogP contribution >= 0.6 is 0 Å². The van der Waals surface area contributed by atoms with Crippen LogP contribution in [-0.2, 0) is 10.8 Å². The van der Waals surface area contributed by atoms with Crippen molar-refractivity contribution in [3.63, 3.8) is 0 Å². The number of nitrogens with zero attached hydrogens (tertiary/aromatic N) is 3. The molecule has 62 heavy (non-hydrogen) atoms. The van der Waals surface area contributed by atoms with Crippen LogP contribution in [0.4, 0.5) is 0 Å². The highest BCUT2D eigenvalue weighted by Crippen LogP contribution is 2.44. The minimum absolute atomic E-state index is 0.0424. The number of aromatic hydroxyl groups is 1. The van der Waals surface area contributed by atoms with Gasteiger partial charge in [0.2, 0.25) is 0 Å². The molecule has 1 N–H and O–H groups in total. The molecule has 9 aromatic rings. The van der Waals surface area contributed by atoms with Gasteiger partial charge in [-0.15, -0.1) is 0 Å². The molecular weight excluding hydrogens is 755 g/mol. The van der Waals surface area contributed by atoms with Gasteiger partial charge in [0.15, 0.2) is 0 Å². The lowest BCUT2D eigenvalue weighted by atomic mass is 9.78. The number of pyridine rings is 1. The Bertz CT molecular complexity index is 3220. The number of imidazole rings is 1. The van der Waals surface area contributed by atoms with E-state index in [4.69, 9.17) is 14.1 Å². The first-order chi connectivity index (χ1) is 31.0. The maximum Gasteiger partial charge on any atom is 0.149 e. The maximum atomic E-state index is 11.4. The van der Waals surface area contributed by atoms with Crippen molar-refractivity contribution in [1.29, 1.82) is 0 Å². The molecular formula is C58H53N3O. The van der Waals surface area contributed by atoms with Crippen LogP contribution in [0.25, 0.3) is 83.9 Å². The molecule has 0 atom stereocenters. The fourth-order valence-corrected chi connectivity index (χ4v) is 8.53. The van der Waals surface area contributed by atoms with E-state index < -0.39 is 6.85 Å². The standard InChI is InChI=1S/C58H53N3O/c1-37-24-26-39(27-25-37)41-30-31-59-50(36-41)44-33-43(34-45(35-44)57(3,4)5)47-20-15-22-52-55(47)60-56(48-18-12-13-23-53(48)62)61(52)51-29-28-42(32-38(51)2)54-46(40-16-10-9-11-17-40)19-14-21-49(54)58(6,7)8/h9-36,62H,1-8H3/i2D3. The van der Waals surface area contributed by atoms with Crippen LogP contribution in [0.2, 0.25) is 0 Å². The molecule has 0 saturated heterocycles. The predicted molar refractivity (Wildman–Crippen MR) is 260 cm³/mol. The maximum absolute atomic E-state index is 11.4. The van der Waals surface area contributed by atoms with E-state index in [1.165, 1.54) is 5.56 Å². The van der Waals surface area contributed by atoms with Gasteiger partial charge in [0.1, 0.15) is 11.6 Å². The Morgan fingerprint density at radius 2 is 1.24 bits per heavy atom. The van der Waals surface area contributed by atoms with E-state index in [-0.39, 0.29) is 22.1 Å². The molecule has 2 heterocycles. The molecule has 0 aliphatic carbocycles. The number of benzene rings is 7. The SMILES string of the molecule is [2H]C([2H])([2H])c1cc(-c2c(-c3ccccc3)cccc2C(C)(C)C)ccc1-n1c(-c2ccccc2O)nc2c(-c3cc(-c4cc(-c5ccc(C)cc5)ccn4)cc(C(C)(C)C)c3)cccc21. The van der Waals surface area contributed by atoms with Gasteiger partial charge in [-0.3, -0.25) is 9.55 Å². The van der Waals surface area contributed by atoms with Gasteiger partial charge in [0, 0.05) is 21.4 Å². The Balaban J connectivity index is 1.29. The van der Waals surface area contributed by atoms with Crippen molar-refractivity contribution in [3.05, 3.63) is 192 Å². The smallest absolute Gasteiger partial charge is 0.149 e. The molecule has 0 bridgehead atoms. The van der Waals surface area contributed by atoms with E-state index in [1.807, 2.05) is 77.5 Å². The van der Waals surface area contributed by atoms with Crippen molar-refractivity contribution in [2.24, 2.45) is 0 Å². The van der Waals surface area contributed by atoms with Crippen LogP contribution in [0.15, 0.2) is 170 Å². The lowest BCUT2D eigenvalue weighted by molar-refractivity contribution is 0.477. The molecule has 0 saturated carbocycles. The zero-order chi connectivity index (χ0) is 45.8. The van der Waals surface area contributed by atoms with E-state index in [1.54, 1.807) is 12.1 Å². The van der Waals surface area contributed by atoms with Crippen molar-refractivity contribution < 1.29 is 9.22 Å². The average Bonchev–Trinajstić information content (AvgIpc) is 3.68. The zero-order valence-electron chi connectivity index (χ0n) is 39.5. The van der Waals surface area contributed by atoms with Crippen LogP contribution in [-0.4, -0.2) is 19.6 Å². The first-order valence-electron chi connectivity index (χ1n) is 22.8. The summed E-state index contributed by atoms with van der Waals surface area (Å²) in [4.78, 5) is 10.2. The Labute approximate surface area is 370 Å². The minimum atomic E-state index is -2.52. The third kappa shape index (κ3) is 7.62. The molecule has 2 aromatic heterocycles. The van der Waals surface area contributed by atoms with E-state index in [0.717, 1.165) is 66.9 Å². The quantitative estimate of drug-likeness (QED) is 0.174. The lowest BCUT2D eigenvalue weighted by Crippen LogP contribution is -2.13. The van der Waals surface area contributed by atoms with Gasteiger partial charge in [0.05, 0.1) is 28.0 Å². The molecule has 306 valence electrons. The molecule has 0 aliphatic rings. The Kier molecular flexibility index (Phi) is 9.36. The highest BCUT2D eigenvalue weighted by atomic mass is 16.3. The Morgan fingerprint density at radius 3 is 1.98 bits per heavy atom. The summed E-state index contributed by atoms with van der Waals surface area (Å²) in [6, 6.07) is 54.8. The third-order valence-electron chi connectivity index (χ3n) is 11.9. The van der Waals surface area contributed by atoms with Gasteiger partial charge in [-0.05, 0) is 135 Å². The summed E-state index contributed by atoms with van der Waals surface area (Å²) in [5, 5.41) is 11.4. The summed E-state index contributed by atoms with van der Waals surface area (Å²) in [5.74, 6) is 0.476. The van der Waals surface area contributed by atoms with E-state index in [0.29, 0.717) is 28.1 Å². The van der Waals surface area contributed by atoms with Crippen molar-refractivity contribution in [1.82, 2.24) is 14.5 Å². The first-order valence-corrected chi connectivity index (χ1v) is 21.3. The van der Waals surface area contributed by atoms with E-state index in [2.05, 4.69) is 133 Å². The molecule has 7 aromatic carbocycles. The largest absolute Gasteiger partial charge is 0.507 e. The van der Waals surface area contributed by atoms with Crippen molar-refractivity contribution in [3.8, 4) is 78.6 Å². The number of aryl methyl sites for hydroxylation is 2. The molecule has 0 fully saturated rings. The van der Waals surface area contributed by atoms with Crippen molar-refractivity contribution >= 4 is 11.0 Å². The number of phenolic OH excluding ortho intramolecular Hbond substituents is 1. The summed E-state index contributed by atoms with van der Waals surface area (Å²) in [5.41, 5.74) is 15.3. The zero-order valence-corrected chi connectivity index (χ0v) is 36.5. The third-order valence-corrected chi connectivity index (χ3v) is 11.9. The number of aromatic nitrogens is 3. The van der Waals surface area contributed by atoms with Crippen LogP contribution < -0.4 is 0 Å². The highest BCUT2D eigenvalue weighted by molar-refractivity contribution is 5.97. The predicted octanol–water partition coefficient (Wildman–Crippen LogP) is 15.3. The van der Waals surface area contributed by atoms with Gasteiger partial charge < -0.3 is 5.11 Å². The summed E-state index contributed by atoms with van der Waals surface area (Å²) in [6.45, 7) is 12.8. The number of phenols is 1. The number of hydrogen-bond donors (Lipinski definition) is 1. The second kappa shape index (κ2) is 15.8. The molecule has 9 rings (SSSR count). The first kappa shape index (κ1) is 36.8. The van der Waals surface area contributed by atoms with E-state index >= 15 is 0 Å². The number of hydrogen-bond acceptors (Lipinski definition) is 3. The van der Waals surface area contributed by atoms with E-state index in [9.17, 15) is 5.11 Å². The molecule has 4 nitrogen and oxygen atoms in total.